The van der Waals surface area contributed by atoms with Crippen LogP contribution in [0.4, 0.5) is 13.2 Å². The fourth-order valence-corrected chi connectivity index (χ4v) is 2.83. The van der Waals surface area contributed by atoms with Crippen LogP contribution in [-0.4, -0.2) is 31.2 Å². The minimum absolute atomic E-state index is 0.0382. The van der Waals surface area contributed by atoms with Crippen molar-refractivity contribution in [2.24, 2.45) is 0 Å². The fourth-order valence-electron chi connectivity index (χ4n) is 2.83. The van der Waals surface area contributed by atoms with Gasteiger partial charge in [0, 0.05) is 11.5 Å². The summed E-state index contributed by atoms with van der Waals surface area (Å²) in [4.78, 5) is 0. The topological polar surface area (TPSA) is 47.9 Å². The van der Waals surface area contributed by atoms with Crippen LogP contribution < -0.4 is 4.74 Å². The Bertz CT molecular complexity index is 890. The zero-order valence-electron chi connectivity index (χ0n) is 15.6. The number of rotatable bonds is 7. The second kappa shape index (κ2) is 9.62. The van der Waals surface area contributed by atoms with Crippen molar-refractivity contribution in [3.63, 3.8) is 0 Å². The fraction of sp³-hybridized carbons (Fsp3) is 0.273. The number of hydrogen-bond acceptors (Lipinski definition) is 4. The Morgan fingerprint density at radius 1 is 1.10 bits per heavy atom. The highest BCUT2D eigenvalue weighted by molar-refractivity contribution is 5.52. The van der Waals surface area contributed by atoms with Gasteiger partial charge in [-0.2, -0.15) is 4.39 Å². The molecular weight excluding hydrogens is 385 g/mol. The molecular formula is C22H21F3O4. The van der Waals surface area contributed by atoms with Crippen LogP contribution in [0, 0.1) is 17.5 Å². The molecule has 0 amide bonds. The highest BCUT2D eigenvalue weighted by Crippen LogP contribution is 2.28. The number of hydrogen-bond donors (Lipinski definition) is 1. The van der Waals surface area contributed by atoms with Crippen molar-refractivity contribution in [2.45, 2.75) is 18.6 Å². The number of ether oxygens (including phenoxy) is 3. The Kier molecular flexibility index (Phi) is 6.95. The third-order valence-electron chi connectivity index (χ3n) is 4.45. The molecule has 0 saturated carbocycles. The lowest BCUT2D eigenvalue weighted by atomic mass is 10.00. The molecule has 0 aromatic heterocycles. The van der Waals surface area contributed by atoms with Crippen molar-refractivity contribution < 1.29 is 32.5 Å². The zero-order valence-corrected chi connectivity index (χ0v) is 15.6. The van der Waals surface area contributed by atoms with E-state index in [0.29, 0.717) is 18.6 Å². The molecule has 3 rings (SSSR count). The molecule has 1 N–H and O–H groups in total. The number of benzene rings is 2. The van der Waals surface area contributed by atoms with E-state index in [2.05, 4.69) is 6.58 Å². The smallest absolute Gasteiger partial charge is 0.200 e. The van der Waals surface area contributed by atoms with E-state index in [0.717, 1.165) is 6.07 Å². The summed E-state index contributed by atoms with van der Waals surface area (Å²) in [6.07, 6.45) is 4.34. The van der Waals surface area contributed by atoms with Crippen LogP contribution in [0.15, 0.2) is 49.1 Å². The minimum atomic E-state index is -1.31. The molecule has 0 aliphatic carbocycles. The lowest BCUT2D eigenvalue weighted by Crippen LogP contribution is -2.29. The summed E-state index contributed by atoms with van der Waals surface area (Å²) < 4.78 is 57.8. The largest absolute Gasteiger partial charge is 0.505 e. The molecule has 0 unspecified atom stereocenters. The molecule has 1 saturated heterocycles. The molecule has 0 radical (unpaired) electrons. The van der Waals surface area contributed by atoms with E-state index in [1.165, 1.54) is 24.3 Å². The van der Waals surface area contributed by atoms with Gasteiger partial charge >= 0.3 is 0 Å². The lowest BCUT2D eigenvalue weighted by Gasteiger charge is -2.28. The van der Waals surface area contributed by atoms with E-state index in [4.69, 9.17) is 19.3 Å². The average molecular weight is 406 g/mol. The number of aromatic hydroxyl groups is 1. The summed E-state index contributed by atoms with van der Waals surface area (Å²) in [5, 5.41) is 9.14. The van der Waals surface area contributed by atoms with Gasteiger partial charge in [-0.1, -0.05) is 18.2 Å². The van der Waals surface area contributed by atoms with Crippen LogP contribution >= 0.6 is 0 Å². The van der Waals surface area contributed by atoms with Crippen molar-refractivity contribution >= 4 is 6.08 Å². The Balaban J connectivity index is 1.57. The predicted molar refractivity (Wildman–Crippen MR) is 102 cm³/mol. The van der Waals surface area contributed by atoms with Gasteiger partial charge in [-0.15, -0.1) is 6.58 Å². The molecule has 1 aliphatic rings. The summed E-state index contributed by atoms with van der Waals surface area (Å²) in [6.45, 7) is 4.49. The van der Waals surface area contributed by atoms with E-state index < -0.39 is 29.5 Å². The standard InChI is InChI=1S/C22H21F3O4/c1-2-3-10-27-19-8-5-15(11-17(19)23)16-12-28-20(29-13-16)9-6-14-4-7-18(26)22(25)21(14)24/h2,4-9,11,16,20,26H,1,3,10,12-13H2/b9-6+. The maximum absolute atomic E-state index is 14.2. The summed E-state index contributed by atoms with van der Waals surface area (Å²) in [6, 6.07) is 7.04. The van der Waals surface area contributed by atoms with E-state index in [9.17, 15) is 13.2 Å². The van der Waals surface area contributed by atoms with Crippen LogP contribution in [0.3, 0.4) is 0 Å². The molecule has 154 valence electrons. The third kappa shape index (κ3) is 5.19. The van der Waals surface area contributed by atoms with Crippen molar-refractivity contribution in [1.29, 1.82) is 0 Å². The van der Waals surface area contributed by atoms with Crippen LogP contribution in [0.1, 0.15) is 23.5 Å². The van der Waals surface area contributed by atoms with Gasteiger partial charge < -0.3 is 19.3 Å². The maximum Gasteiger partial charge on any atom is 0.200 e. The summed E-state index contributed by atoms with van der Waals surface area (Å²) >= 11 is 0. The maximum atomic E-state index is 14.2. The quantitative estimate of drug-likeness (QED) is 0.523. The van der Waals surface area contributed by atoms with Gasteiger partial charge in [-0.25, -0.2) is 8.78 Å². The van der Waals surface area contributed by atoms with Crippen LogP contribution in [0.2, 0.25) is 0 Å². The predicted octanol–water partition coefficient (Wildman–Crippen LogP) is 4.93. The highest BCUT2D eigenvalue weighted by atomic mass is 19.2. The molecule has 2 aromatic carbocycles. The first kappa shape index (κ1) is 21.0. The van der Waals surface area contributed by atoms with Gasteiger partial charge in [0.25, 0.3) is 0 Å². The van der Waals surface area contributed by atoms with Gasteiger partial charge in [0.2, 0.25) is 5.82 Å². The second-order valence-corrected chi connectivity index (χ2v) is 6.51. The van der Waals surface area contributed by atoms with E-state index in [1.807, 2.05) is 0 Å². The molecule has 0 atom stereocenters. The molecule has 2 aromatic rings. The van der Waals surface area contributed by atoms with Gasteiger partial charge in [-0.3, -0.25) is 0 Å². The first-order valence-electron chi connectivity index (χ1n) is 9.11. The summed E-state index contributed by atoms with van der Waals surface area (Å²) in [5.74, 6) is -3.66. The van der Waals surface area contributed by atoms with Gasteiger partial charge in [0.05, 0.1) is 19.8 Å². The Morgan fingerprint density at radius 3 is 2.55 bits per heavy atom. The number of phenols is 1. The second-order valence-electron chi connectivity index (χ2n) is 6.51. The molecule has 1 heterocycles. The van der Waals surface area contributed by atoms with Crippen LogP contribution in [-0.2, 0) is 9.47 Å². The van der Waals surface area contributed by atoms with E-state index >= 15 is 0 Å². The third-order valence-corrected chi connectivity index (χ3v) is 4.45. The molecule has 7 heteroatoms. The van der Waals surface area contributed by atoms with Gasteiger partial charge in [-0.05, 0) is 42.3 Å². The van der Waals surface area contributed by atoms with E-state index in [1.54, 1.807) is 18.2 Å². The molecule has 0 spiro atoms. The molecule has 4 nitrogen and oxygen atoms in total. The molecule has 1 fully saturated rings. The molecule has 1 aliphatic heterocycles. The normalized spacial score (nSPS) is 19.4. The first-order chi connectivity index (χ1) is 14.0. The van der Waals surface area contributed by atoms with Crippen molar-refractivity contribution in [3.8, 4) is 11.5 Å². The lowest BCUT2D eigenvalue weighted by molar-refractivity contribution is -0.159. The monoisotopic (exact) mass is 406 g/mol. The highest BCUT2D eigenvalue weighted by Gasteiger charge is 2.23. The Hall–Kier alpha value is -2.77. The Labute approximate surface area is 166 Å². The molecule has 29 heavy (non-hydrogen) atoms. The zero-order chi connectivity index (χ0) is 20.8. The summed E-state index contributed by atoms with van der Waals surface area (Å²) in [7, 11) is 0. The van der Waals surface area contributed by atoms with Crippen molar-refractivity contribution in [1.82, 2.24) is 0 Å². The molecule has 0 bridgehead atoms. The summed E-state index contributed by atoms with van der Waals surface area (Å²) in [5.41, 5.74) is 0.677. The Morgan fingerprint density at radius 2 is 1.86 bits per heavy atom. The van der Waals surface area contributed by atoms with Gasteiger partial charge in [0.1, 0.15) is 0 Å². The first-order valence-corrected chi connectivity index (χ1v) is 9.11. The minimum Gasteiger partial charge on any atom is -0.505 e. The van der Waals surface area contributed by atoms with Gasteiger partial charge in [0.15, 0.2) is 29.4 Å². The number of phenolic OH excluding ortho intramolecular Hbond substituents is 1. The van der Waals surface area contributed by atoms with E-state index in [-0.39, 0.29) is 30.4 Å². The van der Waals surface area contributed by atoms with Crippen molar-refractivity contribution in [2.75, 3.05) is 19.8 Å². The van der Waals surface area contributed by atoms with Crippen molar-refractivity contribution in [3.05, 3.63) is 77.6 Å². The average Bonchev–Trinajstić information content (AvgIpc) is 2.73. The van der Waals surface area contributed by atoms with Crippen LogP contribution in [0.5, 0.6) is 11.5 Å². The van der Waals surface area contributed by atoms with Crippen LogP contribution in [0.25, 0.3) is 6.08 Å². The SMILES string of the molecule is C=CCCOc1ccc(C2COC(/C=C/c3ccc(O)c(F)c3F)OC2)cc1F. The number of halogens is 3.